The van der Waals surface area contributed by atoms with E-state index in [0.29, 0.717) is 17.2 Å². The second-order valence-corrected chi connectivity index (χ2v) is 3.93. The number of thiophene rings is 1. The van der Waals surface area contributed by atoms with Crippen LogP contribution in [0.5, 0.6) is 0 Å². The first-order valence-electron chi connectivity index (χ1n) is 4.18. The molecular weight excluding hydrogens is 198 g/mol. The minimum Gasteiger partial charge on any atom is -0.397 e. The summed E-state index contributed by atoms with van der Waals surface area (Å²) >= 11 is 1.40. The fourth-order valence-corrected chi connectivity index (χ4v) is 1.87. The monoisotopic (exact) mass is 211 g/mol. The van der Waals surface area contributed by atoms with Crippen molar-refractivity contribution in [1.82, 2.24) is 0 Å². The molecule has 1 heterocycles. The standard InChI is InChI=1S/C9H13N3OS/c1-12(3-4-13-2)9-5-7(11)8(6-10)14-9/h5H,3-4,11H2,1-2H3. The fraction of sp³-hybridized carbons (Fsp3) is 0.444. The summed E-state index contributed by atoms with van der Waals surface area (Å²) in [5.74, 6) is 0. The van der Waals surface area contributed by atoms with Crippen LogP contribution in [-0.2, 0) is 4.74 Å². The van der Waals surface area contributed by atoms with E-state index in [1.807, 2.05) is 18.0 Å². The van der Waals surface area contributed by atoms with Crippen LogP contribution in [0.1, 0.15) is 4.88 Å². The van der Waals surface area contributed by atoms with Crippen molar-refractivity contribution in [3.05, 3.63) is 10.9 Å². The lowest BCUT2D eigenvalue weighted by atomic mass is 10.4. The molecule has 0 atom stereocenters. The van der Waals surface area contributed by atoms with Crippen LogP contribution >= 0.6 is 11.3 Å². The van der Waals surface area contributed by atoms with Gasteiger partial charge in [-0.1, -0.05) is 0 Å². The Labute approximate surface area is 87.5 Å². The molecule has 14 heavy (non-hydrogen) atoms. The van der Waals surface area contributed by atoms with Crippen LogP contribution < -0.4 is 10.6 Å². The highest BCUT2D eigenvalue weighted by atomic mass is 32.1. The Morgan fingerprint density at radius 3 is 2.93 bits per heavy atom. The zero-order valence-corrected chi connectivity index (χ0v) is 9.10. The summed E-state index contributed by atoms with van der Waals surface area (Å²) in [6.07, 6.45) is 0. The predicted molar refractivity (Wildman–Crippen MR) is 58.6 cm³/mol. The lowest BCUT2D eigenvalue weighted by molar-refractivity contribution is 0.206. The highest BCUT2D eigenvalue weighted by Gasteiger charge is 2.08. The molecule has 1 aromatic rings. The van der Waals surface area contributed by atoms with Gasteiger partial charge in [0.25, 0.3) is 0 Å². The lowest BCUT2D eigenvalue weighted by Gasteiger charge is -2.15. The van der Waals surface area contributed by atoms with E-state index in [1.54, 1.807) is 7.11 Å². The van der Waals surface area contributed by atoms with E-state index < -0.39 is 0 Å². The summed E-state index contributed by atoms with van der Waals surface area (Å²) < 4.78 is 4.96. The van der Waals surface area contributed by atoms with Crippen LogP contribution in [-0.4, -0.2) is 27.3 Å². The van der Waals surface area contributed by atoms with Gasteiger partial charge >= 0.3 is 0 Å². The molecule has 0 aromatic carbocycles. The van der Waals surface area contributed by atoms with Crippen molar-refractivity contribution in [2.75, 3.05) is 37.9 Å². The maximum atomic E-state index is 8.73. The zero-order chi connectivity index (χ0) is 10.6. The van der Waals surface area contributed by atoms with E-state index in [4.69, 9.17) is 15.7 Å². The smallest absolute Gasteiger partial charge is 0.129 e. The molecule has 0 radical (unpaired) electrons. The summed E-state index contributed by atoms with van der Waals surface area (Å²) in [6, 6.07) is 3.88. The molecule has 0 aliphatic carbocycles. The topological polar surface area (TPSA) is 62.3 Å². The number of anilines is 2. The number of hydrogen-bond donors (Lipinski definition) is 1. The number of nitrogens with zero attached hydrogens (tertiary/aromatic N) is 2. The van der Waals surface area contributed by atoms with E-state index >= 15 is 0 Å². The number of likely N-dealkylation sites (N-methyl/N-ethyl adjacent to an activating group) is 1. The summed E-state index contributed by atoms with van der Waals surface area (Å²) in [4.78, 5) is 2.59. The van der Waals surface area contributed by atoms with Crippen LogP contribution in [0.3, 0.4) is 0 Å². The number of hydrogen-bond acceptors (Lipinski definition) is 5. The van der Waals surface area contributed by atoms with Crippen LogP contribution in [0, 0.1) is 11.3 Å². The molecule has 0 fully saturated rings. The maximum Gasteiger partial charge on any atom is 0.129 e. The van der Waals surface area contributed by atoms with Crippen LogP contribution in [0.4, 0.5) is 10.7 Å². The van der Waals surface area contributed by atoms with Gasteiger partial charge in [0.05, 0.1) is 17.3 Å². The summed E-state index contributed by atoms with van der Waals surface area (Å²) in [5, 5.41) is 9.72. The van der Waals surface area contributed by atoms with E-state index in [1.165, 1.54) is 11.3 Å². The van der Waals surface area contributed by atoms with Crippen LogP contribution in [0.25, 0.3) is 0 Å². The van der Waals surface area contributed by atoms with Crippen molar-refractivity contribution in [3.8, 4) is 6.07 Å². The SMILES string of the molecule is COCCN(C)c1cc(N)c(C#N)s1. The average molecular weight is 211 g/mol. The highest BCUT2D eigenvalue weighted by molar-refractivity contribution is 7.17. The highest BCUT2D eigenvalue weighted by Crippen LogP contribution is 2.30. The van der Waals surface area contributed by atoms with Gasteiger partial charge in [-0.05, 0) is 6.07 Å². The third-order valence-electron chi connectivity index (χ3n) is 1.86. The van der Waals surface area contributed by atoms with Crippen molar-refractivity contribution in [1.29, 1.82) is 5.26 Å². The third kappa shape index (κ3) is 2.37. The lowest BCUT2D eigenvalue weighted by Crippen LogP contribution is -2.20. The van der Waals surface area contributed by atoms with Crippen LogP contribution in [0.15, 0.2) is 6.07 Å². The molecule has 0 saturated carbocycles. The molecular formula is C9H13N3OS. The Morgan fingerprint density at radius 2 is 2.43 bits per heavy atom. The molecule has 4 nitrogen and oxygen atoms in total. The van der Waals surface area contributed by atoms with Crippen LogP contribution in [0.2, 0.25) is 0 Å². The van der Waals surface area contributed by atoms with Crippen molar-refractivity contribution >= 4 is 22.0 Å². The van der Waals surface area contributed by atoms with Gasteiger partial charge < -0.3 is 15.4 Å². The van der Waals surface area contributed by atoms with Gasteiger partial charge in [0.2, 0.25) is 0 Å². The normalized spacial score (nSPS) is 9.79. The maximum absolute atomic E-state index is 8.73. The number of nitriles is 1. The molecule has 76 valence electrons. The molecule has 0 aliphatic rings. The number of nitrogens with two attached hydrogens (primary N) is 1. The van der Waals surface area contributed by atoms with E-state index in [0.717, 1.165) is 11.5 Å². The summed E-state index contributed by atoms with van der Waals surface area (Å²) in [7, 11) is 3.61. The van der Waals surface area contributed by atoms with Gasteiger partial charge in [-0.2, -0.15) is 5.26 Å². The minimum atomic E-state index is 0.553. The first-order chi connectivity index (χ1) is 6.69. The fourth-order valence-electron chi connectivity index (χ4n) is 1.01. The van der Waals surface area contributed by atoms with Crippen molar-refractivity contribution in [2.45, 2.75) is 0 Å². The second kappa shape index (κ2) is 4.84. The van der Waals surface area contributed by atoms with Crippen molar-refractivity contribution in [2.24, 2.45) is 0 Å². The van der Waals surface area contributed by atoms with Gasteiger partial charge in [0.1, 0.15) is 10.9 Å². The Morgan fingerprint density at radius 1 is 1.71 bits per heavy atom. The van der Waals surface area contributed by atoms with Gasteiger partial charge in [-0.15, -0.1) is 11.3 Å². The van der Waals surface area contributed by atoms with Crippen molar-refractivity contribution < 1.29 is 4.74 Å². The minimum absolute atomic E-state index is 0.553. The molecule has 0 aliphatic heterocycles. The second-order valence-electron chi connectivity index (χ2n) is 2.90. The Hall–Kier alpha value is -1.25. The van der Waals surface area contributed by atoms with E-state index in [-0.39, 0.29) is 0 Å². The first-order valence-corrected chi connectivity index (χ1v) is 5.00. The first kappa shape index (κ1) is 10.8. The van der Waals surface area contributed by atoms with Gasteiger partial charge in [-0.3, -0.25) is 0 Å². The Balaban J connectivity index is 2.71. The predicted octanol–water partition coefficient (Wildman–Crippen LogP) is 1.28. The number of methoxy groups -OCH3 is 1. The molecule has 1 rings (SSSR count). The zero-order valence-electron chi connectivity index (χ0n) is 8.28. The number of nitrogen functional groups attached to an aromatic ring is 1. The van der Waals surface area contributed by atoms with E-state index in [9.17, 15) is 0 Å². The molecule has 0 spiro atoms. The summed E-state index contributed by atoms with van der Waals surface area (Å²) in [5.41, 5.74) is 6.20. The third-order valence-corrected chi connectivity index (χ3v) is 3.03. The molecule has 0 unspecified atom stereocenters. The largest absolute Gasteiger partial charge is 0.397 e. The molecule has 0 saturated heterocycles. The average Bonchev–Trinajstić information content (AvgIpc) is 2.56. The molecule has 2 N–H and O–H groups in total. The van der Waals surface area contributed by atoms with Gasteiger partial charge in [-0.25, -0.2) is 0 Å². The summed E-state index contributed by atoms with van der Waals surface area (Å²) in [6.45, 7) is 1.46. The van der Waals surface area contributed by atoms with Gasteiger partial charge in [0, 0.05) is 20.7 Å². The molecule has 5 heteroatoms. The Kier molecular flexibility index (Phi) is 3.74. The van der Waals surface area contributed by atoms with Gasteiger partial charge in [0.15, 0.2) is 0 Å². The molecule has 0 bridgehead atoms. The number of rotatable bonds is 4. The van der Waals surface area contributed by atoms with Crippen molar-refractivity contribution in [3.63, 3.8) is 0 Å². The quantitative estimate of drug-likeness (QED) is 0.815. The molecule has 1 aromatic heterocycles. The van der Waals surface area contributed by atoms with E-state index in [2.05, 4.69) is 6.07 Å². The Bertz CT molecular complexity index is 342. The number of ether oxygens (including phenoxy) is 1. The molecule has 0 amide bonds.